The molecule has 0 aliphatic carbocycles. The minimum Gasteiger partial charge on any atom is -0.493 e. The molecule has 4 aromatic rings. The van der Waals surface area contributed by atoms with Gasteiger partial charge in [-0.3, -0.25) is 0 Å². The van der Waals surface area contributed by atoms with Crippen LogP contribution in [0.25, 0.3) is 22.0 Å². The predicted octanol–water partition coefficient (Wildman–Crippen LogP) is 6.53. The number of fused-ring (bicyclic) bond motifs is 1. The van der Waals surface area contributed by atoms with E-state index in [1.165, 1.54) is 21.3 Å². The summed E-state index contributed by atoms with van der Waals surface area (Å²) in [4.78, 5) is 3.79. The molecule has 0 amide bonds. The molecule has 0 aliphatic rings. The lowest BCUT2D eigenvalue weighted by Crippen LogP contribution is -2.08. The molecule has 4 rings (SSSR count). The van der Waals surface area contributed by atoms with Crippen LogP contribution in [0.4, 0.5) is 13.2 Å². The largest absolute Gasteiger partial charge is 0.493 e. The van der Waals surface area contributed by atoms with Crippen molar-refractivity contribution >= 4 is 10.9 Å². The van der Waals surface area contributed by atoms with Gasteiger partial charge in [-0.1, -0.05) is 30.3 Å². The highest BCUT2D eigenvalue weighted by molar-refractivity contribution is 5.95. The summed E-state index contributed by atoms with van der Waals surface area (Å²) in [6, 6.07) is 18.3. The highest BCUT2D eigenvalue weighted by Crippen LogP contribution is 2.39. The van der Waals surface area contributed by atoms with E-state index in [1.54, 1.807) is 60.7 Å². The number of benzene rings is 3. The number of para-hydroxylation sites is 1. The normalized spacial score (nSPS) is 11.4. The first-order valence-corrected chi connectivity index (χ1v) is 10.3. The van der Waals surface area contributed by atoms with Crippen molar-refractivity contribution in [3.8, 4) is 34.1 Å². The molecular weight excluding hydrogens is 447 g/mol. The van der Waals surface area contributed by atoms with E-state index in [2.05, 4.69) is 4.98 Å². The van der Waals surface area contributed by atoms with Crippen molar-refractivity contribution in [1.82, 2.24) is 4.98 Å². The van der Waals surface area contributed by atoms with Crippen molar-refractivity contribution in [3.05, 3.63) is 78.0 Å². The maximum atomic E-state index is 13.5. The third kappa shape index (κ3) is 4.71. The van der Waals surface area contributed by atoms with Crippen LogP contribution in [0.2, 0.25) is 0 Å². The molecule has 5 nitrogen and oxygen atoms in total. The third-order valence-electron chi connectivity index (χ3n) is 5.28. The zero-order chi connectivity index (χ0) is 24.3. The zero-order valence-electron chi connectivity index (χ0n) is 18.8. The van der Waals surface area contributed by atoms with E-state index in [1.807, 2.05) is 0 Å². The van der Waals surface area contributed by atoms with Gasteiger partial charge in [-0.2, -0.15) is 13.2 Å². The molecule has 0 saturated carbocycles. The Morgan fingerprint density at radius 3 is 2.15 bits per heavy atom. The van der Waals surface area contributed by atoms with Crippen molar-refractivity contribution in [2.45, 2.75) is 12.8 Å². The van der Waals surface area contributed by atoms with Crippen LogP contribution >= 0.6 is 0 Å². The number of rotatable bonds is 7. The second kappa shape index (κ2) is 9.51. The Labute approximate surface area is 194 Å². The van der Waals surface area contributed by atoms with E-state index in [4.69, 9.17) is 18.9 Å². The van der Waals surface area contributed by atoms with Gasteiger partial charge in [0.15, 0.2) is 11.5 Å². The molecule has 176 valence electrons. The van der Waals surface area contributed by atoms with Gasteiger partial charge in [0.05, 0.1) is 26.8 Å². The molecular formula is C26H22F3NO4. The number of ether oxygens (including phenoxy) is 4. The quantitative estimate of drug-likeness (QED) is 0.308. The van der Waals surface area contributed by atoms with Crippen LogP contribution in [-0.2, 0) is 12.8 Å². The number of hydrogen-bond donors (Lipinski definition) is 0. The molecule has 0 unspecified atom stereocenters. The van der Waals surface area contributed by atoms with Gasteiger partial charge >= 0.3 is 6.18 Å². The fourth-order valence-electron chi connectivity index (χ4n) is 3.70. The molecule has 1 heterocycles. The summed E-state index contributed by atoms with van der Waals surface area (Å²) in [7, 11) is 4.58. The Morgan fingerprint density at radius 1 is 0.794 bits per heavy atom. The SMILES string of the molecule is COc1cc(COc2cccc(-c3cc(C(F)(F)F)nc4ccccc34)c2)cc(OC)c1OC. The molecule has 0 atom stereocenters. The summed E-state index contributed by atoms with van der Waals surface area (Å²) in [6.45, 7) is 0.186. The standard InChI is InChI=1S/C26H22F3NO4/c1-31-22-11-16(12-23(32-2)25(22)33-3)15-34-18-8-6-7-17(13-18)20-14-24(26(27,28)29)30-21-10-5-4-9-19(20)21/h4-14H,15H2,1-3H3. The lowest BCUT2D eigenvalue weighted by Gasteiger charge is -2.15. The minimum atomic E-state index is -4.56. The van der Waals surface area contributed by atoms with Crippen LogP contribution in [0.3, 0.4) is 0 Å². The molecule has 0 bridgehead atoms. The first-order valence-electron chi connectivity index (χ1n) is 10.3. The van der Waals surface area contributed by atoms with Crippen LogP contribution in [0, 0.1) is 0 Å². The monoisotopic (exact) mass is 469 g/mol. The Hall–Kier alpha value is -3.94. The van der Waals surface area contributed by atoms with Gasteiger partial charge < -0.3 is 18.9 Å². The van der Waals surface area contributed by atoms with E-state index in [0.717, 1.165) is 11.6 Å². The highest BCUT2D eigenvalue weighted by atomic mass is 19.4. The topological polar surface area (TPSA) is 49.8 Å². The van der Waals surface area contributed by atoms with Crippen LogP contribution in [0.5, 0.6) is 23.0 Å². The summed E-state index contributed by atoms with van der Waals surface area (Å²) >= 11 is 0. The van der Waals surface area contributed by atoms with Gasteiger partial charge in [-0.15, -0.1) is 0 Å². The second-order valence-corrected chi connectivity index (χ2v) is 7.42. The minimum absolute atomic E-state index is 0.186. The average Bonchev–Trinajstić information content (AvgIpc) is 2.85. The fourth-order valence-corrected chi connectivity index (χ4v) is 3.70. The summed E-state index contributed by atoms with van der Waals surface area (Å²) < 4.78 is 62.4. The summed E-state index contributed by atoms with van der Waals surface area (Å²) in [5.41, 5.74) is 1.12. The second-order valence-electron chi connectivity index (χ2n) is 7.42. The number of aromatic nitrogens is 1. The molecule has 0 saturated heterocycles. The van der Waals surface area contributed by atoms with Crippen molar-refractivity contribution in [2.75, 3.05) is 21.3 Å². The Bertz CT molecular complexity index is 1300. The number of methoxy groups -OCH3 is 3. The van der Waals surface area contributed by atoms with E-state index in [0.29, 0.717) is 39.5 Å². The molecule has 3 aromatic carbocycles. The van der Waals surface area contributed by atoms with Crippen molar-refractivity contribution < 1.29 is 32.1 Å². The maximum absolute atomic E-state index is 13.5. The first-order chi connectivity index (χ1) is 16.3. The fraction of sp³-hybridized carbons (Fsp3) is 0.192. The molecule has 8 heteroatoms. The molecule has 0 spiro atoms. The van der Waals surface area contributed by atoms with Gasteiger partial charge in [0.25, 0.3) is 0 Å². The molecule has 1 aromatic heterocycles. The number of pyridine rings is 1. The molecule has 0 N–H and O–H groups in total. The number of nitrogens with zero attached hydrogens (tertiary/aromatic N) is 1. The average molecular weight is 469 g/mol. The number of hydrogen-bond acceptors (Lipinski definition) is 5. The van der Waals surface area contributed by atoms with Gasteiger partial charge in [0, 0.05) is 5.39 Å². The molecule has 0 fully saturated rings. The first kappa shape index (κ1) is 23.2. The zero-order valence-corrected chi connectivity index (χ0v) is 18.8. The van der Waals surface area contributed by atoms with Gasteiger partial charge in [0.1, 0.15) is 18.1 Å². The van der Waals surface area contributed by atoms with E-state index in [9.17, 15) is 13.2 Å². The Balaban J connectivity index is 1.67. The third-order valence-corrected chi connectivity index (χ3v) is 5.28. The smallest absolute Gasteiger partial charge is 0.433 e. The summed E-state index contributed by atoms with van der Waals surface area (Å²) in [6.07, 6.45) is -4.56. The van der Waals surface area contributed by atoms with Crippen LogP contribution in [0.1, 0.15) is 11.3 Å². The van der Waals surface area contributed by atoms with E-state index >= 15 is 0 Å². The molecule has 0 aliphatic heterocycles. The van der Waals surface area contributed by atoms with Crippen LogP contribution < -0.4 is 18.9 Å². The Morgan fingerprint density at radius 2 is 1.50 bits per heavy atom. The Kier molecular flexibility index (Phi) is 6.49. The summed E-state index contributed by atoms with van der Waals surface area (Å²) in [5, 5.41) is 0.622. The lowest BCUT2D eigenvalue weighted by atomic mass is 10.00. The molecule has 34 heavy (non-hydrogen) atoms. The van der Waals surface area contributed by atoms with Crippen molar-refractivity contribution in [3.63, 3.8) is 0 Å². The maximum Gasteiger partial charge on any atom is 0.433 e. The predicted molar refractivity (Wildman–Crippen MR) is 123 cm³/mol. The van der Waals surface area contributed by atoms with Crippen molar-refractivity contribution in [1.29, 1.82) is 0 Å². The summed E-state index contributed by atoms with van der Waals surface area (Å²) in [5.74, 6) is 1.97. The lowest BCUT2D eigenvalue weighted by molar-refractivity contribution is -0.140. The van der Waals surface area contributed by atoms with Crippen molar-refractivity contribution in [2.24, 2.45) is 0 Å². The molecule has 0 radical (unpaired) electrons. The van der Waals surface area contributed by atoms with Crippen LogP contribution in [0.15, 0.2) is 66.7 Å². The highest BCUT2D eigenvalue weighted by Gasteiger charge is 2.33. The number of halogens is 3. The van der Waals surface area contributed by atoms with E-state index in [-0.39, 0.29) is 12.1 Å². The van der Waals surface area contributed by atoms with Gasteiger partial charge in [-0.25, -0.2) is 4.98 Å². The van der Waals surface area contributed by atoms with Crippen LogP contribution in [-0.4, -0.2) is 26.3 Å². The van der Waals surface area contributed by atoms with E-state index < -0.39 is 11.9 Å². The number of alkyl halides is 3. The van der Waals surface area contributed by atoms with Gasteiger partial charge in [0.2, 0.25) is 5.75 Å². The van der Waals surface area contributed by atoms with Gasteiger partial charge in [-0.05, 0) is 53.1 Å².